The number of rotatable bonds is 0. The second-order valence-corrected chi connectivity index (χ2v) is 0. The molecule has 0 aromatic heterocycles. The van der Waals surface area contributed by atoms with Gasteiger partial charge in [-0.05, 0) is 0 Å². The van der Waals surface area contributed by atoms with Crippen molar-refractivity contribution in [1.82, 2.24) is 0 Å². The van der Waals surface area contributed by atoms with Crippen molar-refractivity contribution in [3.05, 3.63) is 0 Å². The summed E-state index contributed by atoms with van der Waals surface area (Å²) in [6.07, 6.45) is 0. The molecule has 38 valence electrons. The monoisotopic (exact) mass is 328 g/mol. The van der Waals surface area contributed by atoms with Gasteiger partial charge in [-0.2, -0.15) is 0 Å². The molecule has 4 radical (unpaired) electrons. The first-order valence-electron chi connectivity index (χ1n) is 0. The quantitative estimate of drug-likeness (QED) is 0.548. The zero-order chi connectivity index (χ0) is 0. The Labute approximate surface area is 79.2 Å². The fourth-order valence-corrected chi connectivity index (χ4v) is 0. The minimum Gasteiger partial charge on any atom is 0 e. The van der Waals surface area contributed by atoms with Gasteiger partial charge in [0, 0.05) is 80.4 Å². The van der Waals surface area contributed by atoms with Crippen LogP contribution in [0.2, 0.25) is 0 Å². The molecule has 0 aliphatic carbocycles. The van der Waals surface area contributed by atoms with Gasteiger partial charge in [0.1, 0.15) is 0 Å². The van der Waals surface area contributed by atoms with Crippen molar-refractivity contribution in [3.8, 4) is 0 Å². The van der Waals surface area contributed by atoms with E-state index in [0.717, 1.165) is 0 Å². The Kier molecular flexibility index (Phi) is 135. The molecule has 0 saturated carbocycles. The molecule has 0 amide bonds. The summed E-state index contributed by atoms with van der Waals surface area (Å²) in [7, 11) is 0. The molecule has 0 bridgehead atoms. The zero-order valence-corrected chi connectivity index (χ0v) is 6.65. The Morgan fingerprint density at radius 2 is 0.750 bits per heavy atom. The van der Waals surface area contributed by atoms with Crippen LogP contribution in [-0.4, -0.2) is 0 Å². The first-order valence-corrected chi connectivity index (χ1v) is 0. The molecule has 0 rings (SSSR count). The molecule has 0 nitrogen and oxygen atoms in total. The first kappa shape index (κ1) is 30.7. The van der Waals surface area contributed by atoms with Crippen molar-refractivity contribution in [1.29, 1.82) is 0 Å². The molecule has 0 aromatic carbocycles. The third kappa shape index (κ3) is 8.82. The van der Waals surface area contributed by atoms with E-state index in [0.29, 0.717) is 0 Å². The number of hydrogen-bond donors (Lipinski definition) is 0. The van der Waals surface area contributed by atoms with Crippen LogP contribution in [0.25, 0.3) is 0 Å². The molecule has 0 N–H and O–H groups in total. The van der Waals surface area contributed by atoms with E-state index in [-0.39, 0.29) is 80.4 Å². The second kappa shape index (κ2) is 17.6. The second-order valence-electron chi connectivity index (χ2n) is 0. The minimum absolute atomic E-state index is 0. The molecule has 0 fully saturated rings. The fourth-order valence-electron chi connectivity index (χ4n) is 0. The zero-order valence-electron chi connectivity index (χ0n) is 1.35. The van der Waals surface area contributed by atoms with E-state index < -0.39 is 0 Å². The van der Waals surface area contributed by atoms with Gasteiger partial charge in [0.05, 0.1) is 0 Å². The van der Waals surface area contributed by atoms with Crippen LogP contribution in [0.4, 0.5) is 0 Å². The summed E-state index contributed by atoms with van der Waals surface area (Å²) >= 11 is 0. The van der Waals surface area contributed by atoms with Crippen LogP contribution in [0.15, 0.2) is 0 Å². The van der Waals surface area contributed by atoms with Gasteiger partial charge in [0.15, 0.2) is 0 Å². The maximum atomic E-state index is 0. The molecule has 0 spiro atoms. The van der Waals surface area contributed by atoms with Crippen molar-refractivity contribution in [2.75, 3.05) is 0 Å². The topological polar surface area (TPSA) is 0 Å². The largest absolute Gasteiger partial charge is 0 e. The average Bonchev–Trinajstić information content (AvgIpc) is 0. The molecular formula is Ag2CuV. The van der Waals surface area contributed by atoms with Gasteiger partial charge in [0.2, 0.25) is 0 Å². The summed E-state index contributed by atoms with van der Waals surface area (Å²) in [5.74, 6) is 0. The summed E-state index contributed by atoms with van der Waals surface area (Å²) in [5, 5.41) is 0. The molecule has 4 heteroatoms. The van der Waals surface area contributed by atoms with Crippen LogP contribution in [0.3, 0.4) is 0 Å². The molecule has 0 unspecified atom stereocenters. The summed E-state index contributed by atoms with van der Waals surface area (Å²) in [6.45, 7) is 0. The summed E-state index contributed by atoms with van der Waals surface area (Å²) in [5.41, 5.74) is 0. The predicted octanol–water partition coefficient (Wildman–Crippen LogP) is -0.0100. The Hall–Kier alpha value is 2.58. The third-order valence-corrected chi connectivity index (χ3v) is 0. The van der Waals surface area contributed by atoms with Gasteiger partial charge in [-0.3, -0.25) is 0 Å². The van der Waals surface area contributed by atoms with Crippen molar-refractivity contribution in [3.63, 3.8) is 0 Å². The average molecular weight is 330 g/mol. The standard InChI is InChI=1S/2Ag.Cu.V. The molecule has 0 saturated heterocycles. The summed E-state index contributed by atoms with van der Waals surface area (Å²) in [6, 6.07) is 0. The van der Waals surface area contributed by atoms with Crippen LogP contribution >= 0.6 is 0 Å². The van der Waals surface area contributed by atoms with Crippen molar-refractivity contribution >= 4 is 0 Å². The number of hydrogen-bond acceptors (Lipinski definition) is 0. The van der Waals surface area contributed by atoms with E-state index in [9.17, 15) is 0 Å². The molecule has 0 heterocycles. The van der Waals surface area contributed by atoms with E-state index in [2.05, 4.69) is 0 Å². The maximum Gasteiger partial charge on any atom is 0 e. The van der Waals surface area contributed by atoms with Crippen LogP contribution in [0, 0.1) is 0 Å². The first-order chi connectivity index (χ1) is 0. The van der Waals surface area contributed by atoms with Gasteiger partial charge < -0.3 is 0 Å². The Morgan fingerprint density at radius 1 is 0.750 bits per heavy atom. The van der Waals surface area contributed by atoms with Crippen molar-refractivity contribution in [2.45, 2.75) is 0 Å². The van der Waals surface area contributed by atoms with Crippen molar-refractivity contribution in [2.24, 2.45) is 0 Å². The normalized spacial score (nSPS) is 0. The van der Waals surface area contributed by atoms with E-state index in [4.69, 9.17) is 0 Å². The van der Waals surface area contributed by atoms with E-state index in [1.165, 1.54) is 0 Å². The van der Waals surface area contributed by atoms with Gasteiger partial charge in [-0.1, -0.05) is 0 Å². The van der Waals surface area contributed by atoms with Gasteiger partial charge in [0.25, 0.3) is 0 Å². The van der Waals surface area contributed by atoms with Gasteiger partial charge in [-0.15, -0.1) is 0 Å². The Balaban J connectivity index is 0. The van der Waals surface area contributed by atoms with Gasteiger partial charge >= 0.3 is 0 Å². The fraction of sp³-hybridized carbons (Fsp3) is 0. The smallest absolute Gasteiger partial charge is 0 e. The minimum atomic E-state index is 0. The van der Waals surface area contributed by atoms with Crippen LogP contribution in [0.1, 0.15) is 0 Å². The molecule has 0 aliphatic rings. The molecule has 4 heavy (non-hydrogen) atoms. The summed E-state index contributed by atoms with van der Waals surface area (Å²) < 4.78 is 0. The third-order valence-electron chi connectivity index (χ3n) is 0. The van der Waals surface area contributed by atoms with Gasteiger partial charge in [-0.25, -0.2) is 0 Å². The van der Waals surface area contributed by atoms with Crippen molar-refractivity contribution < 1.29 is 80.4 Å². The predicted molar refractivity (Wildman–Crippen MR) is 0 cm³/mol. The maximum absolute atomic E-state index is 0. The Bertz CT molecular complexity index is 6.00. The molecule has 0 atom stereocenters. The summed E-state index contributed by atoms with van der Waals surface area (Å²) in [4.78, 5) is 0. The molecule has 0 aliphatic heterocycles. The van der Waals surface area contributed by atoms with Crippen LogP contribution in [0.5, 0.6) is 0 Å². The molecule has 0 aromatic rings. The van der Waals surface area contributed by atoms with Crippen LogP contribution < -0.4 is 0 Å². The van der Waals surface area contributed by atoms with E-state index in [1.807, 2.05) is 0 Å². The van der Waals surface area contributed by atoms with E-state index >= 15 is 0 Å². The van der Waals surface area contributed by atoms with Crippen LogP contribution in [-0.2, 0) is 80.4 Å². The van der Waals surface area contributed by atoms with E-state index in [1.54, 1.807) is 0 Å². The Morgan fingerprint density at radius 3 is 0.750 bits per heavy atom. The SMILES string of the molecule is [Ag].[Ag].[Cu].[V]. The molecular weight excluding hydrogens is 330 g/mol.